The SMILES string of the molecule is CCCCC/C=C\C/C=C\CCCCCCCCCCCC(=O)O[C@H](COC(=O)CCCCCCC/C=C\CCCCCCCC)COC(=O)CCCCCCCCCCCCCCCCCCCCC. The molecule has 6 heteroatoms. The molecule has 0 saturated heterocycles. The van der Waals surface area contributed by atoms with Gasteiger partial charge in [0.25, 0.3) is 0 Å². The molecule has 0 aromatic heterocycles. The lowest BCUT2D eigenvalue weighted by Crippen LogP contribution is -2.30. The van der Waals surface area contributed by atoms with E-state index in [-0.39, 0.29) is 31.1 Å². The van der Waals surface area contributed by atoms with Crippen LogP contribution in [0, 0.1) is 0 Å². The van der Waals surface area contributed by atoms with Gasteiger partial charge in [-0.05, 0) is 77.0 Å². The van der Waals surface area contributed by atoms with Crippen molar-refractivity contribution in [3.8, 4) is 0 Å². The van der Waals surface area contributed by atoms with E-state index in [0.29, 0.717) is 19.3 Å². The molecule has 0 heterocycles. The van der Waals surface area contributed by atoms with Crippen LogP contribution in [0.3, 0.4) is 0 Å². The average molecular weight is 998 g/mol. The predicted molar refractivity (Wildman–Crippen MR) is 307 cm³/mol. The number of unbranched alkanes of at least 4 members (excludes halogenated alkanes) is 41. The molecule has 0 saturated carbocycles. The molecular formula is C65H120O6. The largest absolute Gasteiger partial charge is 0.462 e. The smallest absolute Gasteiger partial charge is 0.306 e. The summed E-state index contributed by atoms with van der Waals surface area (Å²) in [7, 11) is 0. The molecule has 0 aliphatic rings. The summed E-state index contributed by atoms with van der Waals surface area (Å²) in [5, 5.41) is 0. The van der Waals surface area contributed by atoms with Crippen LogP contribution >= 0.6 is 0 Å². The average Bonchev–Trinajstić information content (AvgIpc) is 3.37. The third-order valence-electron chi connectivity index (χ3n) is 14.1. The van der Waals surface area contributed by atoms with E-state index in [1.807, 2.05) is 0 Å². The first-order valence-corrected chi connectivity index (χ1v) is 31.5. The maximum absolute atomic E-state index is 12.9. The van der Waals surface area contributed by atoms with Gasteiger partial charge in [0.05, 0.1) is 0 Å². The molecule has 71 heavy (non-hydrogen) atoms. The lowest BCUT2D eigenvalue weighted by Gasteiger charge is -2.18. The van der Waals surface area contributed by atoms with Crippen LogP contribution in [-0.4, -0.2) is 37.2 Å². The minimum Gasteiger partial charge on any atom is -0.462 e. The van der Waals surface area contributed by atoms with Crippen molar-refractivity contribution in [1.82, 2.24) is 0 Å². The van der Waals surface area contributed by atoms with Crippen molar-refractivity contribution in [2.45, 2.75) is 348 Å². The van der Waals surface area contributed by atoms with E-state index in [1.165, 1.54) is 231 Å². The molecule has 0 aromatic rings. The number of ether oxygens (including phenoxy) is 3. The number of hydrogen-bond acceptors (Lipinski definition) is 6. The maximum atomic E-state index is 12.9. The van der Waals surface area contributed by atoms with Crippen LogP contribution < -0.4 is 0 Å². The molecule has 0 spiro atoms. The minimum absolute atomic E-state index is 0.0722. The molecule has 0 aliphatic heterocycles. The van der Waals surface area contributed by atoms with Gasteiger partial charge in [-0.25, -0.2) is 0 Å². The van der Waals surface area contributed by atoms with Crippen molar-refractivity contribution in [3.05, 3.63) is 36.5 Å². The Hall–Kier alpha value is -2.37. The van der Waals surface area contributed by atoms with Gasteiger partial charge >= 0.3 is 17.9 Å². The van der Waals surface area contributed by atoms with Crippen LogP contribution in [0.1, 0.15) is 342 Å². The highest BCUT2D eigenvalue weighted by molar-refractivity contribution is 5.71. The van der Waals surface area contributed by atoms with Crippen molar-refractivity contribution in [2.75, 3.05) is 13.2 Å². The molecule has 0 aromatic carbocycles. The first-order chi connectivity index (χ1) is 35.0. The second kappa shape index (κ2) is 60.2. The lowest BCUT2D eigenvalue weighted by molar-refractivity contribution is -0.167. The van der Waals surface area contributed by atoms with Gasteiger partial charge in [-0.2, -0.15) is 0 Å². The molecule has 0 unspecified atom stereocenters. The van der Waals surface area contributed by atoms with Gasteiger partial charge in [0, 0.05) is 19.3 Å². The van der Waals surface area contributed by atoms with Gasteiger partial charge in [0.15, 0.2) is 6.10 Å². The van der Waals surface area contributed by atoms with E-state index in [9.17, 15) is 14.4 Å². The van der Waals surface area contributed by atoms with Crippen LogP contribution in [0.25, 0.3) is 0 Å². The third-order valence-corrected chi connectivity index (χ3v) is 14.1. The molecule has 0 radical (unpaired) electrons. The third kappa shape index (κ3) is 58.4. The zero-order valence-corrected chi connectivity index (χ0v) is 47.8. The molecule has 0 amide bonds. The molecular weight excluding hydrogens is 877 g/mol. The van der Waals surface area contributed by atoms with E-state index in [1.54, 1.807) is 0 Å². The highest BCUT2D eigenvalue weighted by Gasteiger charge is 2.19. The van der Waals surface area contributed by atoms with Crippen LogP contribution in [0.2, 0.25) is 0 Å². The zero-order chi connectivity index (χ0) is 51.4. The summed E-state index contributed by atoms with van der Waals surface area (Å²) in [5.41, 5.74) is 0. The van der Waals surface area contributed by atoms with Crippen molar-refractivity contribution < 1.29 is 28.6 Å². The van der Waals surface area contributed by atoms with Crippen molar-refractivity contribution >= 4 is 17.9 Å². The molecule has 0 N–H and O–H groups in total. The van der Waals surface area contributed by atoms with Crippen molar-refractivity contribution in [3.63, 3.8) is 0 Å². The highest BCUT2D eigenvalue weighted by atomic mass is 16.6. The van der Waals surface area contributed by atoms with Gasteiger partial charge in [0.1, 0.15) is 13.2 Å². The lowest BCUT2D eigenvalue weighted by atomic mass is 10.0. The Bertz CT molecular complexity index is 1190. The Morgan fingerprint density at radius 1 is 0.282 bits per heavy atom. The summed E-state index contributed by atoms with van der Waals surface area (Å²) in [6.07, 6.45) is 72.8. The first kappa shape index (κ1) is 68.6. The predicted octanol–water partition coefficient (Wildman–Crippen LogP) is 21.2. The Morgan fingerprint density at radius 3 is 0.817 bits per heavy atom. The van der Waals surface area contributed by atoms with Crippen molar-refractivity contribution in [2.24, 2.45) is 0 Å². The summed E-state index contributed by atoms with van der Waals surface area (Å²) in [5.74, 6) is -0.862. The molecule has 0 bridgehead atoms. The molecule has 1 atom stereocenters. The summed E-state index contributed by atoms with van der Waals surface area (Å²) in [4.78, 5) is 38.3. The minimum atomic E-state index is -0.776. The quantitative estimate of drug-likeness (QED) is 0.0261. The molecule has 6 nitrogen and oxygen atoms in total. The van der Waals surface area contributed by atoms with Gasteiger partial charge < -0.3 is 14.2 Å². The Labute approximate surface area is 442 Å². The second-order valence-corrected chi connectivity index (χ2v) is 21.3. The van der Waals surface area contributed by atoms with Gasteiger partial charge in [-0.15, -0.1) is 0 Å². The fourth-order valence-corrected chi connectivity index (χ4v) is 9.35. The van der Waals surface area contributed by atoms with Gasteiger partial charge in [0.2, 0.25) is 0 Å². The molecule has 0 rings (SSSR count). The summed E-state index contributed by atoms with van der Waals surface area (Å²) in [6.45, 7) is 6.66. The number of rotatable bonds is 58. The number of esters is 3. The van der Waals surface area contributed by atoms with Crippen LogP contribution in [0.4, 0.5) is 0 Å². The fourth-order valence-electron chi connectivity index (χ4n) is 9.35. The number of allylic oxidation sites excluding steroid dienone is 6. The van der Waals surface area contributed by atoms with Crippen LogP contribution in [0.15, 0.2) is 36.5 Å². The topological polar surface area (TPSA) is 78.9 Å². The van der Waals surface area contributed by atoms with Gasteiger partial charge in [-0.3, -0.25) is 14.4 Å². The first-order valence-electron chi connectivity index (χ1n) is 31.5. The van der Waals surface area contributed by atoms with E-state index in [2.05, 4.69) is 57.2 Å². The summed E-state index contributed by atoms with van der Waals surface area (Å²) < 4.78 is 16.9. The number of carbonyl (C=O) groups excluding carboxylic acids is 3. The number of carbonyl (C=O) groups is 3. The number of hydrogen-bond donors (Lipinski definition) is 0. The maximum Gasteiger partial charge on any atom is 0.306 e. The molecule has 416 valence electrons. The highest BCUT2D eigenvalue weighted by Crippen LogP contribution is 2.17. The normalized spacial score (nSPS) is 12.2. The van der Waals surface area contributed by atoms with E-state index >= 15 is 0 Å². The van der Waals surface area contributed by atoms with Crippen molar-refractivity contribution in [1.29, 1.82) is 0 Å². The molecule has 0 aliphatic carbocycles. The van der Waals surface area contributed by atoms with E-state index < -0.39 is 6.10 Å². The zero-order valence-electron chi connectivity index (χ0n) is 47.8. The van der Waals surface area contributed by atoms with Crippen LogP contribution in [0.5, 0.6) is 0 Å². The van der Waals surface area contributed by atoms with E-state index in [0.717, 1.165) is 70.6 Å². The van der Waals surface area contributed by atoms with E-state index in [4.69, 9.17) is 14.2 Å². The van der Waals surface area contributed by atoms with Crippen LogP contribution in [-0.2, 0) is 28.6 Å². The standard InChI is InChI=1S/C65H120O6/c1-4-7-10-13-16-19-22-25-28-30-32-34-37-40-43-46-49-52-55-58-64(67)70-61-62(60-69-63(66)57-54-51-48-45-42-39-36-27-24-21-18-15-12-9-6-3)71-65(68)59-56-53-50-47-44-41-38-35-33-31-29-26-23-20-17-14-11-8-5-2/h17,20,26-27,29,36,62H,4-16,18-19,21-25,28,30-35,37-61H2,1-3H3/b20-17-,29-26-,36-27-/t62-/m1/s1. The fraction of sp³-hybridized carbons (Fsp3) is 0.862. The monoisotopic (exact) mass is 997 g/mol. The summed E-state index contributed by atoms with van der Waals surface area (Å²) >= 11 is 0. The molecule has 0 fully saturated rings. The Kier molecular flexibility index (Phi) is 58.2. The Morgan fingerprint density at radius 2 is 0.507 bits per heavy atom. The summed E-state index contributed by atoms with van der Waals surface area (Å²) in [6, 6.07) is 0. The Balaban J connectivity index is 4.33. The van der Waals surface area contributed by atoms with Gasteiger partial charge in [-0.1, -0.05) is 282 Å². The second-order valence-electron chi connectivity index (χ2n) is 21.3.